The molecule has 4 rings (SSSR count). The molecule has 2 aliphatic heterocycles. The zero-order valence-electron chi connectivity index (χ0n) is 12.3. The lowest BCUT2D eigenvalue weighted by atomic mass is 9.85. The van der Waals surface area contributed by atoms with Gasteiger partial charge in [0.05, 0.1) is 14.2 Å². The monoisotopic (exact) mass is 300 g/mol. The van der Waals surface area contributed by atoms with E-state index in [-0.39, 0.29) is 6.61 Å². The minimum atomic E-state index is -1.19. The Kier molecular flexibility index (Phi) is 2.74. The van der Waals surface area contributed by atoms with E-state index in [4.69, 9.17) is 18.9 Å². The molecular weight excluding hydrogens is 284 g/mol. The maximum Gasteiger partial charge on any atom is 0.168 e. The maximum atomic E-state index is 11.1. The minimum absolute atomic E-state index is 0.136. The highest BCUT2D eigenvalue weighted by Crippen LogP contribution is 2.54. The van der Waals surface area contributed by atoms with Gasteiger partial charge in [-0.25, -0.2) is 0 Å². The van der Waals surface area contributed by atoms with Gasteiger partial charge in [-0.2, -0.15) is 0 Å². The molecule has 0 unspecified atom stereocenters. The van der Waals surface area contributed by atoms with Gasteiger partial charge in [-0.3, -0.25) is 0 Å². The van der Waals surface area contributed by atoms with Crippen LogP contribution < -0.4 is 18.9 Å². The van der Waals surface area contributed by atoms with Crippen molar-refractivity contribution in [3.05, 3.63) is 47.5 Å². The Bertz CT molecular complexity index is 742. The number of ether oxygens (including phenoxy) is 4. The standard InChI is InChI=1S/C17H16O5/c1-19-10-3-5-12-14(7-10)21-9-17(18)13-6-4-11(20-2)8-15(13)22-16(12)17/h3-8,16,18H,9H2,1-2H3/t16-,17+/m1/s1. The Balaban J connectivity index is 1.81. The average molecular weight is 300 g/mol. The molecule has 2 heterocycles. The van der Waals surface area contributed by atoms with E-state index in [1.54, 1.807) is 20.3 Å². The van der Waals surface area contributed by atoms with Crippen LogP contribution in [0.15, 0.2) is 36.4 Å². The van der Waals surface area contributed by atoms with E-state index in [1.165, 1.54) is 0 Å². The molecule has 5 nitrogen and oxygen atoms in total. The van der Waals surface area contributed by atoms with Crippen molar-refractivity contribution < 1.29 is 24.1 Å². The number of rotatable bonds is 2. The molecular formula is C17H16O5. The van der Waals surface area contributed by atoms with Gasteiger partial charge in [0.25, 0.3) is 0 Å². The predicted octanol–water partition coefficient (Wildman–Crippen LogP) is 2.42. The fourth-order valence-corrected chi connectivity index (χ4v) is 3.10. The lowest BCUT2D eigenvalue weighted by Crippen LogP contribution is -2.41. The molecule has 0 spiro atoms. The minimum Gasteiger partial charge on any atom is -0.497 e. The third-order valence-corrected chi connectivity index (χ3v) is 4.28. The van der Waals surface area contributed by atoms with Crippen LogP contribution >= 0.6 is 0 Å². The van der Waals surface area contributed by atoms with Gasteiger partial charge < -0.3 is 24.1 Å². The van der Waals surface area contributed by atoms with Gasteiger partial charge in [-0.05, 0) is 24.3 Å². The average Bonchev–Trinajstić information content (AvgIpc) is 2.86. The molecule has 0 aliphatic carbocycles. The molecule has 2 aromatic rings. The van der Waals surface area contributed by atoms with Crippen molar-refractivity contribution in [3.63, 3.8) is 0 Å². The Morgan fingerprint density at radius 2 is 1.73 bits per heavy atom. The number of hydrogen-bond acceptors (Lipinski definition) is 5. The third kappa shape index (κ3) is 1.69. The van der Waals surface area contributed by atoms with E-state index < -0.39 is 11.7 Å². The van der Waals surface area contributed by atoms with Gasteiger partial charge in [0.1, 0.15) is 29.6 Å². The Morgan fingerprint density at radius 1 is 1.05 bits per heavy atom. The summed E-state index contributed by atoms with van der Waals surface area (Å²) in [6.07, 6.45) is -0.496. The van der Waals surface area contributed by atoms with E-state index in [0.29, 0.717) is 23.0 Å². The van der Waals surface area contributed by atoms with Gasteiger partial charge in [-0.15, -0.1) is 0 Å². The van der Waals surface area contributed by atoms with Gasteiger partial charge >= 0.3 is 0 Å². The summed E-state index contributed by atoms with van der Waals surface area (Å²) in [5, 5.41) is 11.1. The van der Waals surface area contributed by atoms with Crippen molar-refractivity contribution in [1.29, 1.82) is 0 Å². The molecule has 0 bridgehead atoms. The summed E-state index contributed by atoms with van der Waals surface area (Å²) in [6, 6.07) is 10.9. The molecule has 2 aromatic carbocycles. The maximum absolute atomic E-state index is 11.1. The van der Waals surface area contributed by atoms with Crippen LogP contribution in [-0.2, 0) is 5.60 Å². The van der Waals surface area contributed by atoms with Crippen LogP contribution in [0.3, 0.4) is 0 Å². The second-order valence-electron chi connectivity index (χ2n) is 5.48. The normalized spacial score (nSPS) is 24.4. The molecule has 2 aliphatic rings. The number of methoxy groups -OCH3 is 2. The first-order chi connectivity index (χ1) is 10.7. The number of aliphatic hydroxyl groups is 1. The predicted molar refractivity (Wildman–Crippen MR) is 78.7 cm³/mol. The highest BCUT2D eigenvalue weighted by molar-refractivity contribution is 5.54. The molecule has 0 amide bonds. The topological polar surface area (TPSA) is 57.2 Å². The molecule has 0 fully saturated rings. The molecule has 1 N–H and O–H groups in total. The lowest BCUT2D eigenvalue weighted by molar-refractivity contribution is -0.0864. The van der Waals surface area contributed by atoms with Crippen LogP contribution in [-0.4, -0.2) is 25.9 Å². The van der Waals surface area contributed by atoms with Crippen molar-refractivity contribution in [2.75, 3.05) is 20.8 Å². The molecule has 5 heteroatoms. The van der Waals surface area contributed by atoms with Gasteiger partial charge in [0.15, 0.2) is 11.7 Å². The lowest BCUT2D eigenvalue weighted by Gasteiger charge is -2.34. The van der Waals surface area contributed by atoms with E-state index in [2.05, 4.69) is 0 Å². The molecule has 0 saturated heterocycles. The third-order valence-electron chi connectivity index (χ3n) is 4.28. The molecule has 22 heavy (non-hydrogen) atoms. The zero-order valence-corrected chi connectivity index (χ0v) is 12.3. The number of fused-ring (bicyclic) bond motifs is 5. The van der Waals surface area contributed by atoms with Crippen LogP contribution in [0.2, 0.25) is 0 Å². The summed E-state index contributed by atoms with van der Waals surface area (Å²) in [6.45, 7) is 0.136. The second-order valence-corrected chi connectivity index (χ2v) is 5.48. The summed E-state index contributed by atoms with van der Waals surface area (Å²) in [5.74, 6) is 2.70. The quantitative estimate of drug-likeness (QED) is 0.923. The zero-order chi connectivity index (χ0) is 15.3. The van der Waals surface area contributed by atoms with Crippen LogP contribution in [0.4, 0.5) is 0 Å². The van der Waals surface area contributed by atoms with E-state index >= 15 is 0 Å². The van der Waals surface area contributed by atoms with Crippen molar-refractivity contribution in [2.24, 2.45) is 0 Å². The van der Waals surface area contributed by atoms with Gasteiger partial charge in [0.2, 0.25) is 0 Å². The van der Waals surface area contributed by atoms with E-state index in [0.717, 1.165) is 11.1 Å². The van der Waals surface area contributed by atoms with Crippen molar-refractivity contribution >= 4 is 0 Å². The highest BCUT2D eigenvalue weighted by Gasteiger charge is 2.53. The summed E-state index contributed by atoms with van der Waals surface area (Å²) in [5.41, 5.74) is 0.341. The Labute approximate surface area is 128 Å². The summed E-state index contributed by atoms with van der Waals surface area (Å²) in [4.78, 5) is 0. The first-order valence-electron chi connectivity index (χ1n) is 7.04. The molecule has 2 atom stereocenters. The van der Waals surface area contributed by atoms with Crippen LogP contribution in [0.25, 0.3) is 0 Å². The highest BCUT2D eigenvalue weighted by atomic mass is 16.5. The second kappa shape index (κ2) is 4.55. The Morgan fingerprint density at radius 3 is 2.45 bits per heavy atom. The molecule has 0 radical (unpaired) electrons. The van der Waals surface area contributed by atoms with Crippen molar-refractivity contribution in [3.8, 4) is 23.0 Å². The fraction of sp³-hybridized carbons (Fsp3) is 0.294. The van der Waals surface area contributed by atoms with Crippen molar-refractivity contribution in [1.82, 2.24) is 0 Å². The van der Waals surface area contributed by atoms with Gasteiger partial charge in [-0.1, -0.05) is 0 Å². The summed E-state index contributed by atoms with van der Waals surface area (Å²) >= 11 is 0. The van der Waals surface area contributed by atoms with Crippen LogP contribution in [0.5, 0.6) is 23.0 Å². The number of benzene rings is 2. The molecule has 0 aromatic heterocycles. The molecule has 0 saturated carbocycles. The van der Waals surface area contributed by atoms with Crippen molar-refractivity contribution in [2.45, 2.75) is 11.7 Å². The largest absolute Gasteiger partial charge is 0.497 e. The fourth-order valence-electron chi connectivity index (χ4n) is 3.10. The molecule has 114 valence electrons. The summed E-state index contributed by atoms with van der Waals surface area (Å²) in [7, 11) is 3.21. The first-order valence-corrected chi connectivity index (χ1v) is 7.04. The van der Waals surface area contributed by atoms with Crippen LogP contribution in [0, 0.1) is 0 Å². The first kappa shape index (κ1) is 13.3. The summed E-state index contributed by atoms with van der Waals surface area (Å²) < 4.78 is 22.2. The van der Waals surface area contributed by atoms with Crippen LogP contribution in [0.1, 0.15) is 17.2 Å². The Hall–Kier alpha value is -2.40. The van der Waals surface area contributed by atoms with E-state index in [9.17, 15) is 5.11 Å². The van der Waals surface area contributed by atoms with Gasteiger partial charge in [0, 0.05) is 23.3 Å². The number of hydrogen-bond donors (Lipinski definition) is 1. The van der Waals surface area contributed by atoms with E-state index in [1.807, 2.05) is 30.3 Å². The smallest absolute Gasteiger partial charge is 0.168 e. The SMILES string of the molecule is COc1ccc2c(c1)OC[C@]1(O)c3ccc(OC)cc3O[C@H]21.